The van der Waals surface area contributed by atoms with Crippen molar-refractivity contribution in [3.63, 3.8) is 0 Å². The highest BCUT2D eigenvalue weighted by molar-refractivity contribution is 7.86. The van der Waals surface area contributed by atoms with Crippen molar-refractivity contribution in [2.75, 3.05) is 5.75 Å². The lowest BCUT2D eigenvalue weighted by Crippen LogP contribution is -2.55. The molecule has 0 unspecified atom stereocenters. The van der Waals surface area contributed by atoms with Crippen LogP contribution >= 0.6 is 0 Å². The van der Waals surface area contributed by atoms with Gasteiger partial charge in [0.05, 0.1) is 5.75 Å². The number of amides is 1. The molecule has 0 spiro atoms. The van der Waals surface area contributed by atoms with Crippen molar-refractivity contribution in [1.82, 2.24) is 5.32 Å². The predicted molar refractivity (Wildman–Crippen MR) is 65.5 cm³/mol. The Bertz CT molecular complexity index is 409. The van der Waals surface area contributed by atoms with Gasteiger partial charge in [0.2, 0.25) is 0 Å². The smallest absolute Gasteiger partial charge is 0.408 e. The summed E-state index contributed by atoms with van der Waals surface area (Å²) in [5.74, 6) is -0.567. The third-order valence-electron chi connectivity index (χ3n) is 2.90. The highest BCUT2D eigenvalue weighted by Gasteiger charge is 2.40. The van der Waals surface area contributed by atoms with Gasteiger partial charge in [-0.05, 0) is 46.5 Å². The van der Waals surface area contributed by atoms with E-state index < -0.39 is 33.2 Å². The number of carbonyl (C=O) groups excluding carboxylic acids is 1. The standard InChI is InChI=1S/C11H20FNO4S/c1-10(2,3)17-9(14)13-11(5-4-6-11)7-8-18(12,15)16/h4-8H2,1-3H3,(H,13,14). The zero-order valence-electron chi connectivity index (χ0n) is 11.0. The molecule has 0 saturated heterocycles. The molecule has 0 heterocycles. The number of halogens is 1. The number of rotatable bonds is 4. The molecule has 0 bridgehead atoms. The van der Waals surface area contributed by atoms with Crippen LogP contribution in [0.4, 0.5) is 8.68 Å². The van der Waals surface area contributed by atoms with E-state index in [1.165, 1.54) is 0 Å². The minimum atomic E-state index is -4.50. The van der Waals surface area contributed by atoms with Gasteiger partial charge in [-0.15, -0.1) is 3.89 Å². The Labute approximate surface area is 107 Å². The van der Waals surface area contributed by atoms with Gasteiger partial charge < -0.3 is 10.1 Å². The van der Waals surface area contributed by atoms with Gasteiger partial charge in [-0.2, -0.15) is 8.42 Å². The molecule has 0 aromatic rings. The topological polar surface area (TPSA) is 72.5 Å². The predicted octanol–water partition coefficient (Wildman–Crippen LogP) is 2.12. The molecule has 0 aromatic heterocycles. The zero-order chi connectivity index (χ0) is 14.0. The second-order valence-corrected chi connectivity index (χ2v) is 7.24. The summed E-state index contributed by atoms with van der Waals surface area (Å²) in [6.45, 7) is 5.23. The lowest BCUT2D eigenvalue weighted by atomic mass is 9.75. The summed E-state index contributed by atoms with van der Waals surface area (Å²) in [6.07, 6.45) is 1.70. The van der Waals surface area contributed by atoms with Gasteiger partial charge in [-0.1, -0.05) is 0 Å². The summed E-state index contributed by atoms with van der Waals surface area (Å²) in [7, 11) is -4.50. The maximum absolute atomic E-state index is 12.5. The van der Waals surface area contributed by atoms with E-state index >= 15 is 0 Å². The number of hydrogen-bond donors (Lipinski definition) is 1. The Morgan fingerprint density at radius 1 is 1.39 bits per heavy atom. The van der Waals surface area contributed by atoms with E-state index in [9.17, 15) is 17.1 Å². The van der Waals surface area contributed by atoms with E-state index in [0.29, 0.717) is 12.8 Å². The van der Waals surface area contributed by atoms with Gasteiger partial charge in [-0.25, -0.2) is 4.79 Å². The van der Waals surface area contributed by atoms with Crippen molar-refractivity contribution >= 4 is 16.3 Å². The van der Waals surface area contributed by atoms with Crippen LogP contribution in [0.2, 0.25) is 0 Å². The summed E-state index contributed by atoms with van der Waals surface area (Å²) in [4.78, 5) is 11.6. The van der Waals surface area contributed by atoms with Gasteiger partial charge in [0.1, 0.15) is 5.60 Å². The molecule has 1 N–H and O–H groups in total. The van der Waals surface area contributed by atoms with Crippen LogP contribution in [0.15, 0.2) is 0 Å². The summed E-state index contributed by atoms with van der Waals surface area (Å²) in [6, 6.07) is 0. The molecule has 0 atom stereocenters. The highest BCUT2D eigenvalue weighted by atomic mass is 32.3. The molecule has 1 aliphatic rings. The lowest BCUT2D eigenvalue weighted by molar-refractivity contribution is 0.0378. The molecule has 5 nitrogen and oxygen atoms in total. The van der Waals surface area contributed by atoms with E-state index in [2.05, 4.69) is 5.32 Å². The monoisotopic (exact) mass is 281 g/mol. The molecule has 1 amide bonds. The summed E-state index contributed by atoms with van der Waals surface area (Å²) in [5, 5.41) is 2.67. The van der Waals surface area contributed by atoms with E-state index in [4.69, 9.17) is 4.74 Å². The van der Waals surface area contributed by atoms with Crippen LogP contribution in [-0.4, -0.2) is 31.4 Å². The molecule has 0 aliphatic heterocycles. The van der Waals surface area contributed by atoms with Crippen LogP contribution < -0.4 is 5.32 Å². The fraction of sp³-hybridized carbons (Fsp3) is 0.909. The number of hydrogen-bond acceptors (Lipinski definition) is 4. The fourth-order valence-corrected chi connectivity index (χ4v) is 2.51. The van der Waals surface area contributed by atoms with E-state index in [1.807, 2.05) is 0 Å². The van der Waals surface area contributed by atoms with Crippen LogP contribution in [0.1, 0.15) is 46.5 Å². The van der Waals surface area contributed by atoms with Gasteiger partial charge in [-0.3, -0.25) is 0 Å². The molecular formula is C11H20FNO4S. The molecule has 1 saturated carbocycles. The number of nitrogens with one attached hydrogen (secondary N) is 1. The Balaban J connectivity index is 2.53. The van der Waals surface area contributed by atoms with E-state index in [1.54, 1.807) is 20.8 Å². The van der Waals surface area contributed by atoms with Crippen LogP contribution in [0.5, 0.6) is 0 Å². The van der Waals surface area contributed by atoms with Crippen LogP contribution in [0, 0.1) is 0 Å². The first-order valence-electron chi connectivity index (χ1n) is 5.95. The molecule has 18 heavy (non-hydrogen) atoms. The third kappa shape index (κ3) is 5.20. The quantitative estimate of drug-likeness (QED) is 0.801. The largest absolute Gasteiger partial charge is 0.444 e. The van der Waals surface area contributed by atoms with Gasteiger partial charge in [0.25, 0.3) is 0 Å². The Morgan fingerprint density at radius 3 is 2.28 bits per heavy atom. The maximum atomic E-state index is 12.5. The van der Waals surface area contributed by atoms with E-state index in [-0.39, 0.29) is 6.42 Å². The van der Waals surface area contributed by atoms with Crippen molar-refractivity contribution < 1.29 is 21.8 Å². The first kappa shape index (κ1) is 15.2. The highest BCUT2D eigenvalue weighted by Crippen LogP contribution is 2.35. The molecule has 7 heteroatoms. The Morgan fingerprint density at radius 2 is 1.94 bits per heavy atom. The zero-order valence-corrected chi connectivity index (χ0v) is 11.8. The number of ether oxygens (including phenoxy) is 1. The fourth-order valence-electron chi connectivity index (χ4n) is 1.88. The normalized spacial score (nSPS) is 18.9. The van der Waals surface area contributed by atoms with Crippen LogP contribution in [0.25, 0.3) is 0 Å². The van der Waals surface area contributed by atoms with Crippen molar-refractivity contribution in [2.45, 2.75) is 57.6 Å². The summed E-state index contributed by atoms with van der Waals surface area (Å²) < 4.78 is 38.7. The van der Waals surface area contributed by atoms with Crippen LogP contribution in [-0.2, 0) is 15.0 Å². The molecule has 1 fully saturated rings. The number of carbonyl (C=O) groups is 1. The third-order valence-corrected chi connectivity index (χ3v) is 3.59. The van der Waals surface area contributed by atoms with Gasteiger partial charge >= 0.3 is 16.3 Å². The van der Waals surface area contributed by atoms with E-state index in [0.717, 1.165) is 6.42 Å². The summed E-state index contributed by atoms with van der Waals surface area (Å²) in [5.41, 5.74) is -1.23. The maximum Gasteiger partial charge on any atom is 0.408 e. The van der Waals surface area contributed by atoms with Gasteiger partial charge in [0, 0.05) is 5.54 Å². The van der Waals surface area contributed by atoms with Crippen molar-refractivity contribution in [1.29, 1.82) is 0 Å². The Hall–Kier alpha value is -0.850. The minimum absolute atomic E-state index is 0.0884. The average molecular weight is 281 g/mol. The Kier molecular flexibility index (Phi) is 4.25. The number of alkyl carbamates (subject to hydrolysis) is 1. The first-order chi connectivity index (χ1) is 8.02. The summed E-state index contributed by atoms with van der Waals surface area (Å²) >= 11 is 0. The molecule has 106 valence electrons. The second kappa shape index (κ2) is 5.03. The lowest BCUT2D eigenvalue weighted by Gasteiger charge is -2.42. The molecule has 1 rings (SSSR count). The van der Waals surface area contributed by atoms with Crippen molar-refractivity contribution in [2.24, 2.45) is 0 Å². The SMILES string of the molecule is CC(C)(C)OC(=O)NC1(CCS(=O)(=O)F)CCC1. The minimum Gasteiger partial charge on any atom is -0.444 e. The average Bonchev–Trinajstić information content (AvgIpc) is 2.04. The van der Waals surface area contributed by atoms with Crippen LogP contribution in [0.3, 0.4) is 0 Å². The molecular weight excluding hydrogens is 261 g/mol. The van der Waals surface area contributed by atoms with Crippen molar-refractivity contribution in [3.05, 3.63) is 0 Å². The van der Waals surface area contributed by atoms with Crippen molar-refractivity contribution in [3.8, 4) is 0 Å². The molecule has 0 radical (unpaired) electrons. The van der Waals surface area contributed by atoms with Gasteiger partial charge in [0.15, 0.2) is 0 Å². The first-order valence-corrected chi connectivity index (χ1v) is 7.50. The molecule has 1 aliphatic carbocycles. The second-order valence-electron chi connectivity index (χ2n) is 5.75. The molecule has 0 aromatic carbocycles.